The van der Waals surface area contributed by atoms with E-state index in [9.17, 15) is 18.4 Å². The highest BCUT2D eigenvalue weighted by Gasteiger charge is 2.38. The van der Waals surface area contributed by atoms with E-state index in [2.05, 4.69) is 5.32 Å². The number of carbonyl (C=O) groups is 2. The molecule has 132 valence electrons. The average molecular weight is 339 g/mol. The fourth-order valence-corrected chi connectivity index (χ4v) is 3.43. The van der Waals surface area contributed by atoms with Gasteiger partial charge in [0.2, 0.25) is 5.91 Å². The zero-order chi connectivity index (χ0) is 17.6. The Balaban J connectivity index is 1.94. The first kappa shape index (κ1) is 18.4. The fourth-order valence-electron chi connectivity index (χ4n) is 3.43. The van der Waals surface area contributed by atoms with Gasteiger partial charge in [0, 0.05) is 30.9 Å². The van der Waals surface area contributed by atoms with E-state index in [-0.39, 0.29) is 18.7 Å². The van der Waals surface area contributed by atoms with Gasteiger partial charge in [-0.2, -0.15) is 0 Å². The van der Waals surface area contributed by atoms with Crippen molar-refractivity contribution < 1.29 is 23.5 Å². The van der Waals surface area contributed by atoms with E-state index < -0.39 is 23.0 Å². The molecule has 0 heterocycles. The van der Waals surface area contributed by atoms with Crippen LogP contribution in [0.1, 0.15) is 56.9 Å². The number of carbonyl (C=O) groups excluding carboxylic acids is 1. The number of hydrogen-bond donors (Lipinski definition) is 2. The summed E-state index contributed by atoms with van der Waals surface area (Å²) in [6.45, 7) is 0.327. The Labute approximate surface area is 140 Å². The highest BCUT2D eigenvalue weighted by atomic mass is 19.1. The molecule has 0 aromatic heterocycles. The number of benzene rings is 1. The molecule has 0 aliphatic heterocycles. The molecular weight excluding hydrogens is 316 g/mol. The minimum Gasteiger partial charge on any atom is -0.481 e. The molecule has 4 nitrogen and oxygen atoms in total. The van der Waals surface area contributed by atoms with Gasteiger partial charge < -0.3 is 10.4 Å². The van der Waals surface area contributed by atoms with E-state index in [0.29, 0.717) is 24.9 Å². The van der Waals surface area contributed by atoms with Crippen molar-refractivity contribution in [1.29, 1.82) is 0 Å². The number of nitrogens with one attached hydrogen (secondary N) is 1. The molecule has 2 rings (SSSR count). The SMILES string of the molecule is O=C(O)CCCCC(=O)NCC1(c2ccc(F)cc2F)CCCC1. The topological polar surface area (TPSA) is 66.4 Å². The monoisotopic (exact) mass is 339 g/mol. The minimum atomic E-state index is -0.868. The molecule has 0 atom stereocenters. The number of unbranched alkanes of at least 4 members (excludes halogenated alkanes) is 1. The Hall–Kier alpha value is -1.98. The number of hydrogen-bond acceptors (Lipinski definition) is 2. The lowest BCUT2D eigenvalue weighted by Crippen LogP contribution is -2.39. The Morgan fingerprint density at radius 1 is 1.12 bits per heavy atom. The van der Waals surface area contributed by atoms with Gasteiger partial charge >= 0.3 is 5.97 Å². The minimum absolute atomic E-state index is 0.0536. The molecule has 1 aliphatic carbocycles. The van der Waals surface area contributed by atoms with Crippen LogP contribution < -0.4 is 5.32 Å². The quantitative estimate of drug-likeness (QED) is 0.712. The zero-order valence-electron chi connectivity index (χ0n) is 13.6. The van der Waals surface area contributed by atoms with E-state index in [4.69, 9.17) is 5.11 Å². The largest absolute Gasteiger partial charge is 0.481 e. The van der Waals surface area contributed by atoms with Crippen LogP contribution in [-0.4, -0.2) is 23.5 Å². The van der Waals surface area contributed by atoms with Crippen molar-refractivity contribution in [3.05, 3.63) is 35.4 Å². The Morgan fingerprint density at radius 3 is 2.42 bits per heavy atom. The molecule has 0 radical (unpaired) electrons. The molecule has 1 aromatic rings. The van der Waals surface area contributed by atoms with Crippen LogP contribution in [-0.2, 0) is 15.0 Å². The first-order chi connectivity index (χ1) is 11.4. The highest BCUT2D eigenvalue weighted by molar-refractivity contribution is 5.76. The summed E-state index contributed by atoms with van der Waals surface area (Å²) < 4.78 is 27.3. The second kappa shape index (κ2) is 8.22. The van der Waals surface area contributed by atoms with Crippen molar-refractivity contribution in [2.24, 2.45) is 0 Å². The molecule has 1 amide bonds. The molecular formula is C18H23F2NO3. The molecule has 0 saturated heterocycles. The summed E-state index contributed by atoms with van der Waals surface area (Å²) >= 11 is 0. The molecule has 0 unspecified atom stereocenters. The van der Waals surface area contributed by atoms with E-state index in [1.807, 2.05) is 0 Å². The Bertz CT molecular complexity index is 598. The molecule has 1 fully saturated rings. The molecule has 1 aromatic carbocycles. The van der Waals surface area contributed by atoms with Crippen LogP contribution in [0.25, 0.3) is 0 Å². The summed E-state index contributed by atoms with van der Waals surface area (Å²) in [7, 11) is 0. The van der Waals surface area contributed by atoms with Crippen molar-refractivity contribution in [3.63, 3.8) is 0 Å². The van der Waals surface area contributed by atoms with Crippen molar-refractivity contribution >= 4 is 11.9 Å². The van der Waals surface area contributed by atoms with Gasteiger partial charge in [-0.05, 0) is 37.3 Å². The second-order valence-electron chi connectivity index (χ2n) is 6.49. The van der Waals surface area contributed by atoms with Crippen molar-refractivity contribution in [2.75, 3.05) is 6.54 Å². The van der Waals surface area contributed by atoms with Crippen molar-refractivity contribution in [2.45, 2.75) is 56.8 Å². The van der Waals surface area contributed by atoms with Crippen LogP contribution >= 0.6 is 0 Å². The lowest BCUT2D eigenvalue weighted by atomic mass is 9.78. The highest BCUT2D eigenvalue weighted by Crippen LogP contribution is 2.41. The summed E-state index contributed by atoms with van der Waals surface area (Å²) in [6, 6.07) is 3.63. The molecule has 1 aliphatic rings. The molecule has 2 N–H and O–H groups in total. The predicted molar refractivity (Wildman–Crippen MR) is 85.6 cm³/mol. The maximum atomic E-state index is 14.2. The van der Waals surface area contributed by atoms with Gasteiger partial charge in [-0.25, -0.2) is 8.78 Å². The van der Waals surface area contributed by atoms with Crippen molar-refractivity contribution in [1.82, 2.24) is 5.32 Å². The summed E-state index contributed by atoms with van der Waals surface area (Å²) in [5, 5.41) is 11.4. The van der Waals surface area contributed by atoms with Gasteiger partial charge in [0.15, 0.2) is 0 Å². The first-order valence-corrected chi connectivity index (χ1v) is 8.37. The second-order valence-corrected chi connectivity index (χ2v) is 6.49. The smallest absolute Gasteiger partial charge is 0.303 e. The first-order valence-electron chi connectivity index (χ1n) is 8.37. The molecule has 24 heavy (non-hydrogen) atoms. The fraction of sp³-hybridized carbons (Fsp3) is 0.556. The Morgan fingerprint density at radius 2 is 1.79 bits per heavy atom. The average Bonchev–Trinajstić information content (AvgIpc) is 2.99. The molecule has 6 heteroatoms. The summed E-state index contributed by atoms with van der Waals surface area (Å²) in [6.07, 6.45) is 4.70. The standard InChI is InChI=1S/C18H23F2NO3/c19-13-7-8-14(15(20)11-13)18(9-3-4-10-18)12-21-16(22)5-1-2-6-17(23)24/h7-8,11H,1-6,9-10,12H2,(H,21,22)(H,23,24). The number of aliphatic carboxylic acids is 1. The molecule has 0 bridgehead atoms. The van der Waals surface area contributed by atoms with Gasteiger partial charge in [-0.3, -0.25) is 9.59 Å². The van der Waals surface area contributed by atoms with Crippen LogP contribution in [0, 0.1) is 11.6 Å². The summed E-state index contributed by atoms with van der Waals surface area (Å²) in [5.41, 5.74) is -0.0123. The third kappa shape index (κ3) is 4.76. The maximum Gasteiger partial charge on any atom is 0.303 e. The van der Waals surface area contributed by atoms with E-state index in [1.165, 1.54) is 12.1 Å². The maximum absolute atomic E-state index is 14.2. The van der Waals surface area contributed by atoms with Crippen LogP contribution in [0.5, 0.6) is 0 Å². The van der Waals surface area contributed by atoms with Gasteiger partial charge in [0.05, 0.1) is 0 Å². The van der Waals surface area contributed by atoms with Gasteiger partial charge in [0.25, 0.3) is 0 Å². The molecule has 0 spiro atoms. The van der Waals surface area contributed by atoms with E-state index in [1.54, 1.807) is 0 Å². The number of halogens is 2. The number of rotatable bonds is 8. The van der Waals surface area contributed by atoms with E-state index >= 15 is 0 Å². The lowest BCUT2D eigenvalue weighted by Gasteiger charge is -2.30. The van der Waals surface area contributed by atoms with Crippen molar-refractivity contribution in [3.8, 4) is 0 Å². The zero-order valence-corrected chi connectivity index (χ0v) is 13.6. The third-order valence-electron chi connectivity index (χ3n) is 4.73. The number of carboxylic acid groups (broad SMARTS) is 1. The predicted octanol–water partition coefficient (Wildman–Crippen LogP) is 3.54. The summed E-state index contributed by atoms with van der Waals surface area (Å²) in [5.74, 6) is -2.19. The number of amides is 1. The van der Waals surface area contributed by atoms with E-state index in [0.717, 1.165) is 31.7 Å². The summed E-state index contributed by atoms with van der Waals surface area (Å²) in [4.78, 5) is 22.4. The third-order valence-corrected chi connectivity index (χ3v) is 4.73. The Kier molecular flexibility index (Phi) is 6.29. The van der Waals surface area contributed by atoms with Gasteiger partial charge in [0.1, 0.15) is 11.6 Å². The van der Waals surface area contributed by atoms with Gasteiger partial charge in [-0.1, -0.05) is 18.9 Å². The van der Waals surface area contributed by atoms with Gasteiger partial charge in [-0.15, -0.1) is 0 Å². The van der Waals surface area contributed by atoms with Crippen LogP contribution in [0.4, 0.5) is 8.78 Å². The van der Waals surface area contributed by atoms with Crippen LogP contribution in [0.3, 0.4) is 0 Å². The lowest BCUT2D eigenvalue weighted by molar-refractivity contribution is -0.137. The molecule has 1 saturated carbocycles. The van der Waals surface area contributed by atoms with Crippen LogP contribution in [0.2, 0.25) is 0 Å². The van der Waals surface area contributed by atoms with Crippen LogP contribution in [0.15, 0.2) is 18.2 Å². The normalized spacial score (nSPS) is 16.1. The number of carboxylic acids is 1.